The molecule has 6 aromatic rings. The second-order valence-electron chi connectivity index (χ2n) is 15.3. The number of carboxylic acids is 2. The third kappa shape index (κ3) is 10.9. The molecule has 0 amide bonds. The fraction of sp³-hybridized carbons (Fsp3) is 0.333. The van der Waals surface area contributed by atoms with Crippen LogP contribution in [-0.4, -0.2) is 69.7 Å². The number of nitrogens with zero attached hydrogens (tertiary/aromatic N) is 2. The van der Waals surface area contributed by atoms with E-state index >= 15 is 0 Å². The van der Waals surface area contributed by atoms with Gasteiger partial charge >= 0.3 is 11.9 Å². The third-order valence-corrected chi connectivity index (χ3v) is 11.1. The van der Waals surface area contributed by atoms with Crippen LogP contribution >= 0.6 is 11.6 Å². The topological polar surface area (TPSA) is 164 Å². The van der Waals surface area contributed by atoms with Crippen molar-refractivity contribution >= 4 is 23.5 Å². The minimum Gasteiger partial charge on any atom is -0.493 e. The quantitative estimate of drug-likeness (QED) is 0.0950. The number of aromatic nitrogens is 2. The van der Waals surface area contributed by atoms with E-state index in [9.17, 15) is 19.8 Å². The SMILES string of the molecule is Cc1oc(-c2cccc(Cl)c2)nc1CCOc1ccc(CC2(C(=O)O)CCCO2)cc1.Cc1oc(-c2ccccc2)nc1CCOc1ccc(CC2(C(=O)O)CCCO2)cc1. The van der Waals surface area contributed by atoms with E-state index in [2.05, 4.69) is 9.97 Å². The van der Waals surface area contributed by atoms with Crippen LogP contribution in [0.3, 0.4) is 0 Å². The van der Waals surface area contributed by atoms with Gasteiger partial charge in [-0.15, -0.1) is 0 Å². The van der Waals surface area contributed by atoms with Crippen molar-refractivity contribution in [3.63, 3.8) is 0 Å². The van der Waals surface area contributed by atoms with E-state index in [1.54, 1.807) is 0 Å². The largest absolute Gasteiger partial charge is 0.493 e. The molecule has 2 aliphatic rings. The summed E-state index contributed by atoms with van der Waals surface area (Å²) in [5, 5.41) is 19.7. The van der Waals surface area contributed by atoms with Crippen LogP contribution in [0, 0.1) is 13.8 Å². The Morgan fingerprint density at radius 2 is 1.10 bits per heavy atom. The summed E-state index contributed by atoms with van der Waals surface area (Å²) < 4.78 is 34.4. The molecule has 8 rings (SSSR count). The highest BCUT2D eigenvalue weighted by molar-refractivity contribution is 6.30. The number of oxazole rings is 2. The van der Waals surface area contributed by atoms with Gasteiger partial charge in [0.2, 0.25) is 11.8 Å². The first-order valence-electron chi connectivity index (χ1n) is 20.4. The predicted octanol–water partition coefficient (Wildman–Crippen LogP) is 9.55. The van der Waals surface area contributed by atoms with Crippen LogP contribution in [0.1, 0.15) is 59.7 Å². The van der Waals surface area contributed by atoms with E-state index in [4.69, 9.17) is 39.4 Å². The van der Waals surface area contributed by atoms with Crippen LogP contribution < -0.4 is 9.47 Å². The first kappa shape index (κ1) is 43.1. The number of aryl methyl sites for hydroxylation is 2. The Balaban J connectivity index is 0.000000184. The number of benzene rings is 4. The number of hydrogen-bond acceptors (Lipinski definition) is 10. The maximum atomic E-state index is 11.6. The van der Waals surface area contributed by atoms with Gasteiger partial charge in [-0.2, -0.15) is 0 Å². The fourth-order valence-electron chi connectivity index (χ4n) is 7.53. The maximum Gasteiger partial charge on any atom is 0.336 e. The Morgan fingerprint density at radius 1 is 0.639 bits per heavy atom. The molecule has 0 aliphatic carbocycles. The van der Waals surface area contributed by atoms with Gasteiger partial charge in [-0.25, -0.2) is 19.6 Å². The highest BCUT2D eigenvalue weighted by Crippen LogP contribution is 2.32. The first-order chi connectivity index (χ1) is 29.5. The van der Waals surface area contributed by atoms with Gasteiger partial charge in [-0.1, -0.05) is 60.1 Å². The fourth-order valence-corrected chi connectivity index (χ4v) is 7.72. The normalized spacial score (nSPS) is 18.3. The summed E-state index contributed by atoms with van der Waals surface area (Å²) in [5.41, 5.74) is 3.15. The molecular weight excluding hydrogens is 800 g/mol. The molecule has 4 aromatic carbocycles. The van der Waals surface area contributed by atoms with Gasteiger partial charge in [0.15, 0.2) is 11.2 Å². The number of rotatable bonds is 16. The van der Waals surface area contributed by atoms with Gasteiger partial charge in [-0.3, -0.25) is 0 Å². The van der Waals surface area contributed by atoms with E-state index in [0.29, 0.717) is 81.8 Å². The Kier molecular flexibility index (Phi) is 13.9. The minimum atomic E-state index is -1.10. The van der Waals surface area contributed by atoms with Crippen molar-refractivity contribution in [3.05, 3.63) is 142 Å². The van der Waals surface area contributed by atoms with Crippen molar-refractivity contribution in [1.29, 1.82) is 0 Å². The number of ether oxygens (including phenoxy) is 4. The highest BCUT2D eigenvalue weighted by atomic mass is 35.5. The Bertz CT molecular complexity index is 2380. The minimum absolute atomic E-state index is 0.354. The molecule has 12 nitrogen and oxygen atoms in total. The Labute approximate surface area is 359 Å². The van der Waals surface area contributed by atoms with Gasteiger partial charge in [0, 0.05) is 55.0 Å². The van der Waals surface area contributed by atoms with Gasteiger partial charge < -0.3 is 38.0 Å². The van der Waals surface area contributed by atoms with Crippen molar-refractivity contribution in [2.45, 2.75) is 76.4 Å². The molecule has 0 saturated carbocycles. The number of aliphatic carboxylic acids is 2. The molecule has 2 saturated heterocycles. The third-order valence-electron chi connectivity index (χ3n) is 10.9. The summed E-state index contributed by atoms with van der Waals surface area (Å²) in [6.07, 6.45) is 4.59. The number of hydrogen-bond donors (Lipinski definition) is 2. The number of carboxylic acid groups (broad SMARTS) is 2. The lowest BCUT2D eigenvalue weighted by molar-refractivity contribution is -0.160. The molecule has 2 N–H and O–H groups in total. The van der Waals surface area contributed by atoms with Crippen LogP contribution in [0.5, 0.6) is 11.5 Å². The average molecular weight is 849 g/mol. The van der Waals surface area contributed by atoms with Crippen LogP contribution in [0.25, 0.3) is 22.9 Å². The molecule has 2 unspecified atom stereocenters. The zero-order valence-corrected chi connectivity index (χ0v) is 35.0. The summed E-state index contributed by atoms with van der Waals surface area (Å²) in [5.74, 6) is 2.38. The standard InChI is InChI=1S/C24H24ClNO5.C24H25NO5/c1-16-21(26-22(31-16)18-4-2-5-19(25)14-18)10-13-29-20-8-6-17(7-9-20)15-24(23(27)28)11-3-12-30-24;1-17-21(25-22(30-17)19-6-3-2-4-7-19)12-15-28-20-10-8-18(9-11-20)16-24(23(26)27)13-5-14-29-24/h2,4-9,14H,3,10-13,15H2,1H3,(H,27,28);2-4,6-11H,5,12-16H2,1H3,(H,26,27). The van der Waals surface area contributed by atoms with Crippen molar-refractivity contribution in [3.8, 4) is 34.4 Å². The van der Waals surface area contributed by atoms with Crippen molar-refractivity contribution < 1.29 is 47.6 Å². The van der Waals surface area contributed by atoms with Crippen molar-refractivity contribution in [2.24, 2.45) is 0 Å². The van der Waals surface area contributed by atoms with Crippen LogP contribution in [-0.2, 0) is 44.7 Å². The number of carbonyl (C=O) groups is 2. The molecular formula is C48H49ClN2O10. The monoisotopic (exact) mass is 848 g/mol. The predicted molar refractivity (Wildman–Crippen MR) is 228 cm³/mol. The lowest BCUT2D eigenvalue weighted by atomic mass is 9.92. The summed E-state index contributed by atoms with van der Waals surface area (Å²) >= 11 is 6.05. The van der Waals surface area contributed by atoms with Crippen LogP contribution in [0.2, 0.25) is 5.02 Å². The second-order valence-corrected chi connectivity index (χ2v) is 15.7. The van der Waals surface area contributed by atoms with E-state index in [-0.39, 0.29) is 0 Å². The van der Waals surface area contributed by atoms with E-state index < -0.39 is 23.1 Å². The Morgan fingerprint density at radius 3 is 1.52 bits per heavy atom. The van der Waals surface area contributed by atoms with Crippen molar-refractivity contribution in [2.75, 3.05) is 26.4 Å². The maximum absolute atomic E-state index is 11.6. The molecule has 4 heterocycles. The van der Waals surface area contributed by atoms with Crippen molar-refractivity contribution in [1.82, 2.24) is 9.97 Å². The van der Waals surface area contributed by atoms with Gasteiger partial charge in [0.25, 0.3) is 0 Å². The van der Waals surface area contributed by atoms with Crippen LogP contribution in [0.15, 0.2) is 112 Å². The molecule has 2 atom stereocenters. The molecule has 0 bridgehead atoms. The summed E-state index contributed by atoms with van der Waals surface area (Å²) in [6.45, 7) is 5.71. The smallest absolute Gasteiger partial charge is 0.336 e. The zero-order valence-electron chi connectivity index (χ0n) is 34.2. The zero-order chi connectivity index (χ0) is 42.8. The summed E-state index contributed by atoms with van der Waals surface area (Å²) in [6, 6.07) is 32.2. The molecule has 2 fully saturated rings. The molecule has 61 heavy (non-hydrogen) atoms. The number of halogens is 1. The molecule has 2 aromatic heterocycles. The molecule has 2 aliphatic heterocycles. The first-order valence-corrected chi connectivity index (χ1v) is 20.8. The molecule has 0 radical (unpaired) electrons. The van der Waals surface area contributed by atoms with Gasteiger partial charge in [0.05, 0.1) is 24.6 Å². The van der Waals surface area contributed by atoms with Gasteiger partial charge in [0.1, 0.15) is 23.0 Å². The summed E-state index contributed by atoms with van der Waals surface area (Å²) in [4.78, 5) is 32.4. The highest BCUT2D eigenvalue weighted by Gasteiger charge is 2.43. The second kappa shape index (κ2) is 19.6. The average Bonchev–Trinajstić information content (AvgIpc) is 4.09. The van der Waals surface area contributed by atoms with E-state index in [1.807, 2.05) is 117 Å². The lowest BCUT2D eigenvalue weighted by Gasteiger charge is -2.23. The summed E-state index contributed by atoms with van der Waals surface area (Å²) in [7, 11) is 0. The molecule has 0 spiro atoms. The Hall–Kier alpha value is -5.95. The van der Waals surface area contributed by atoms with E-state index in [1.165, 1.54) is 0 Å². The molecule has 318 valence electrons. The van der Waals surface area contributed by atoms with Crippen LogP contribution in [0.4, 0.5) is 0 Å². The van der Waals surface area contributed by atoms with Gasteiger partial charge in [-0.05, 0) is 105 Å². The molecule has 13 heteroatoms. The van der Waals surface area contributed by atoms with E-state index in [0.717, 1.165) is 69.5 Å². The lowest BCUT2D eigenvalue weighted by Crippen LogP contribution is -2.40.